The van der Waals surface area contributed by atoms with Crippen molar-refractivity contribution in [1.29, 1.82) is 0 Å². The molecule has 0 spiro atoms. The molecule has 2 aromatic heterocycles. The van der Waals surface area contributed by atoms with Crippen LogP contribution in [0.25, 0.3) is 0 Å². The van der Waals surface area contributed by atoms with Gasteiger partial charge in [0.1, 0.15) is 12.0 Å². The lowest BCUT2D eigenvalue weighted by Crippen LogP contribution is -2.05. The molecule has 0 bridgehead atoms. The second kappa shape index (κ2) is 4.60. The van der Waals surface area contributed by atoms with Gasteiger partial charge in [-0.15, -0.1) is 0 Å². The van der Waals surface area contributed by atoms with E-state index >= 15 is 0 Å². The lowest BCUT2D eigenvalue weighted by Gasteiger charge is -2.04. The third kappa shape index (κ3) is 2.57. The number of aryl methyl sites for hydroxylation is 1. The molecule has 2 aromatic rings. The third-order valence-electron chi connectivity index (χ3n) is 2.13. The summed E-state index contributed by atoms with van der Waals surface area (Å²) in [6.07, 6.45) is 3.01. The van der Waals surface area contributed by atoms with E-state index in [1.165, 1.54) is 12.3 Å². The Bertz CT molecular complexity index is 524. The Balaban J connectivity index is 2.17. The Morgan fingerprint density at radius 2 is 2.41 bits per heavy atom. The first-order valence-corrected chi connectivity index (χ1v) is 4.91. The predicted molar refractivity (Wildman–Crippen MR) is 59.5 cm³/mol. The van der Waals surface area contributed by atoms with Crippen LogP contribution < -0.4 is 5.32 Å². The van der Waals surface area contributed by atoms with Gasteiger partial charge in [0.15, 0.2) is 0 Å². The fraction of sp³-hybridized carbons (Fsp3) is 0.200. The monoisotopic (exact) mass is 234 g/mol. The summed E-state index contributed by atoms with van der Waals surface area (Å²) in [5, 5.41) is 17.4. The molecule has 0 unspecified atom stereocenters. The fourth-order valence-electron chi connectivity index (χ4n) is 1.33. The molecule has 0 saturated heterocycles. The average molecular weight is 234 g/mol. The Hall–Kier alpha value is -2.44. The molecule has 0 aliphatic carbocycles. The number of rotatable bonds is 4. The summed E-state index contributed by atoms with van der Waals surface area (Å²) in [5.74, 6) is 0.226. The first-order valence-electron chi connectivity index (χ1n) is 4.91. The van der Waals surface area contributed by atoms with E-state index < -0.39 is 4.92 Å². The topological polar surface area (TPSA) is 94.1 Å². The normalized spacial score (nSPS) is 10.2. The minimum Gasteiger partial charge on any atom is -0.364 e. The van der Waals surface area contributed by atoms with E-state index in [2.05, 4.69) is 20.0 Å². The van der Waals surface area contributed by atoms with E-state index in [-0.39, 0.29) is 11.5 Å². The SMILES string of the molecule is Cc1cnc(NCc2ccon2)c([N+](=O)[O-])c1. The highest BCUT2D eigenvalue weighted by atomic mass is 16.6. The predicted octanol–water partition coefficient (Wildman–Crippen LogP) is 1.90. The smallest absolute Gasteiger partial charge is 0.311 e. The summed E-state index contributed by atoms with van der Waals surface area (Å²) in [6, 6.07) is 3.14. The molecule has 7 nitrogen and oxygen atoms in total. The first kappa shape index (κ1) is 11.1. The number of nitrogens with zero attached hydrogens (tertiary/aromatic N) is 3. The van der Waals surface area contributed by atoms with Crippen LogP contribution in [0.15, 0.2) is 29.1 Å². The second-order valence-electron chi connectivity index (χ2n) is 3.48. The largest absolute Gasteiger partial charge is 0.364 e. The van der Waals surface area contributed by atoms with Gasteiger partial charge in [0.2, 0.25) is 5.82 Å². The Morgan fingerprint density at radius 1 is 1.59 bits per heavy atom. The van der Waals surface area contributed by atoms with Crippen LogP contribution >= 0.6 is 0 Å². The summed E-state index contributed by atoms with van der Waals surface area (Å²) in [7, 11) is 0. The van der Waals surface area contributed by atoms with Crippen molar-refractivity contribution >= 4 is 11.5 Å². The van der Waals surface area contributed by atoms with Crippen molar-refractivity contribution in [2.45, 2.75) is 13.5 Å². The molecular weight excluding hydrogens is 224 g/mol. The summed E-state index contributed by atoms with van der Waals surface area (Å²) < 4.78 is 4.66. The van der Waals surface area contributed by atoms with Crippen molar-refractivity contribution in [3.05, 3.63) is 46.0 Å². The van der Waals surface area contributed by atoms with Crippen molar-refractivity contribution in [2.75, 3.05) is 5.32 Å². The molecule has 1 N–H and O–H groups in total. The number of aromatic nitrogens is 2. The van der Waals surface area contributed by atoms with Crippen LogP contribution in [0, 0.1) is 17.0 Å². The zero-order chi connectivity index (χ0) is 12.3. The van der Waals surface area contributed by atoms with Crippen LogP contribution in [0.4, 0.5) is 11.5 Å². The number of nitrogens with one attached hydrogen (secondary N) is 1. The zero-order valence-corrected chi connectivity index (χ0v) is 9.08. The average Bonchev–Trinajstić information content (AvgIpc) is 2.80. The molecule has 0 aliphatic heterocycles. The van der Waals surface area contributed by atoms with Gasteiger partial charge >= 0.3 is 5.69 Å². The van der Waals surface area contributed by atoms with Gasteiger partial charge in [-0.3, -0.25) is 10.1 Å². The number of hydrogen-bond acceptors (Lipinski definition) is 6. The van der Waals surface area contributed by atoms with Crippen LogP contribution in [0.1, 0.15) is 11.3 Å². The van der Waals surface area contributed by atoms with E-state index in [0.29, 0.717) is 12.2 Å². The molecule has 0 amide bonds. The van der Waals surface area contributed by atoms with Crippen LogP contribution in [-0.4, -0.2) is 15.1 Å². The third-order valence-corrected chi connectivity index (χ3v) is 2.13. The van der Waals surface area contributed by atoms with Crippen molar-refractivity contribution in [1.82, 2.24) is 10.1 Å². The van der Waals surface area contributed by atoms with Crippen molar-refractivity contribution < 1.29 is 9.45 Å². The molecule has 0 radical (unpaired) electrons. The molecule has 0 saturated carbocycles. The number of nitro groups is 1. The summed E-state index contributed by atoms with van der Waals surface area (Å²) in [4.78, 5) is 14.3. The maximum absolute atomic E-state index is 10.8. The van der Waals surface area contributed by atoms with E-state index in [0.717, 1.165) is 5.56 Å². The van der Waals surface area contributed by atoms with Gasteiger partial charge in [-0.2, -0.15) is 0 Å². The minimum atomic E-state index is -0.467. The van der Waals surface area contributed by atoms with Gasteiger partial charge in [0.25, 0.3) is 0 Å². The van der Waals surface area contributed by atoms with E-state index in [1.54, 1.807) is 19.2 Å². The molecular formula is C10H10N4O3. The van der Waals surface area contributed by atoms with Crippen molar-refractivity contribution in [3.8, 4) is 0 Å². The number of pyridine rings is 1. The molecule has 2 rings (SSSR count). The maximum atomic E-state index is 10.8. The number of hydrogen-bond donors (Lipinski definition) is 1. The molecule has 0 atom stereocenters. The molecule has 88 valence electrons. The Labute approximate surface area is 96.6 Å². The summed E-state index contributed by atoms with van der Waals surface area (Å²) in [5.41, 5.74) is 1.35. The van der Waals surface area contributed by atoms with E-state index in [4.69, 9.17) is 0 Å². The zero-order valence-electron chi connectivity index (χ0n) is 9.08. The highest BCUT2D eigenvalue weighted by Gasteiger charge is 2.15. The van der Waals surface area contributed by atoms with Crippen LogP contribution in [0.3, 0.4) is 0 Å². The van der Waals surface area contributed by atoms with Crippen molar-refractivity contribution in [3.63, 3.8) is 0 Å². The van der Waals surface area contributed by atoms with Gasteiger partial charge in [-0.05, 0) is 12.5 Å². The van der Waals surface area contributed by atoms with Gasteiger partial charge in [-0.1, -0.05) is 5.16 Å². The quantitative estimate of drug-likeness (QED) is 0.641. The van der Waals surface area contributed by atoms with Gasteiger partial charge in [-0.25, -0.2) is 4.98 Å². The second-order valence-corrected chi connectivity index (χ2v) is 3.48. The number of anilines is 1. The van der Waals surface area contributed by atoms with Gasteiger partial charge in [0, 0.05) is 18.3 Å². The Kier molecular flexibility index (Phi) is 2.99. The standard InChI is InChI=1S/C10H10N4O3/c1-7-4-9(14(15)16)10(11-5-7)12-6-8-2-3-17-13-8/h2-5H,6H2,1H3,(H,11,12). The molecule has 0 aromatic carbocycles. The highest BCUT2D eigenvalue weighted by molar-refractivity contribution is 5.56. The molecule has 0 fully saturated rings. The lowest BCUT2D eigenvalue weighted by atomic mass is 10.3. The Morgan fingerprint density at radius 3 is 3.06 bits per heavy atom. The molecule has 7 heteroatoms. The van der Waals surface area contributed by atoms with Crippen LogP contribution in [-0.2, 0) is 6.54 Å². The fourth-order valence-corrected chi connectivity index (χ4v) is 1.33. The van der Waals surface area contributed by atoms with Crippen LogP contribution in [0.5, 0.6) is 0 Å². The highest BCUT2D eigenvalue weighted by Crippen LogP contribution is 2.22. The van der Waals surface area contributed by atoms with E-state index in [9.17, 15) is 10.1 Å². The molecule has 17 heavy (non-hydrogen) atoms. The minimum absolute atomic E-state index is 0.0477. The first-order chi connectivity index (χ1) is 8.16. The maximum Gasteiger partial charge on any atom is 0.311 e. The summed E-state index contributed by atoms with van der Waals surface area (Å²) in [6.45, 7) is 2.08. The summed E-state index contributed by atoms with van der Waals surface area (Å²) >= 11 is 0. The molecule has 0 aliphatic rings. The van der Waals surface area contributed by atoms with E-state index in [1.807, 2.05) is 0 Å². The van der Waals surface area contributed by atoms with Crippen LogP contribution in [0.2, 0.25) is 0 Å². The van der Waals surface area contributed by atoms with Crippen molar-refractivity contribution in [2.24, 2.45) is 0 Å². The lowest BCUT2D eigenvalue weighted by molar-refractivity contribution is -0.384. The van der Waals surface area contributed by atoms with Gasteiger partial charge in [0.05, 0.1) is 11.5 Å². The van der Waals surface area contributed by atoms with Gasteiger partial charge < -0.3 is 9.84 Å². The molecule has 2 heterocycles.